The average Bonchev–Trinajstić information content (AvgIpc) is 3.11. The highest BCUT2D eigenvalue weighted by molar-refractivity contribution is 6.32. The first-order chi connectivity index (χ1) is 13.0. The molecule has 2 aromatic rings. The van der Waals surface area contributed by atoms with Gasteiger partial charge >= 0.3 is 0 Å². The summed E-state index contributed by atoms with van der Waals surface area (Å²) < 4.78 is 7.01. The smallest absolute Gasteiger partial charge is 0.271 e. The monoisotopic (exact) mass is 389 g/mol. The second-order valence-electron chi connectivity index (χ2n) is 7.56. The van der Waals surface area contributed by atoms with Crippen LogP contribution in [0, 0.1) is 5.41 Å². The average molecular weight is 390 g/mol. The van der Waals surface area contributed by atoms with Gasteiger partial charge in [0.25, 0.3) is 5.91 Å². The van der Waals surface area contributed by atoms with E-state index in [9.17, 15) is 9.90 Å². The number of hydrogen-bond acceptors (Lipinski definition) is 4. The Kier molecular flexibility index (Phi) is 4.97. The summed E-state index contributed by atoms with van der Waals surface area (Å²) in [7, 11) is 0. The summed E-state index contributed by atoms with van der Waals surface area (Å²) in [5.74, 6) is -0.234. The van der Waals surface area contributed by atoms with Gasteiger partial charge in [0.15, 0.2) is 5.69 Å². The number of amides is 1. The zero-order valence-corrected chi connectivity index (χ0v) is 15.9. The van der Waals surface area contributed by atoms with Crippen molar-refractivity contribution in [2.75, 3.05) is 19.8 Å². The standard InChI is InChI=1S/C20H24ClN3O3/c21-15-4-1-2-5-17(15)24-11-6-16(23-24)18(25)22-14-19(7-3-8-19)20(26)9-12-27-13-10-20/h1-2,4-6,11,26H,3,7-10,12-14H2,(H,22,25). The van der Waals surface area contributed by atoms with Gasteiger partial charge in [0.05, 0.1) is 16.3 Å². The molecule has 144 valence electrons. The lowest BCUT2D eigenvalue weighted by molar-refractivity contribution is -0.171. The molecule has 2 N–H and O–H groups in total. The number of rotatable bonds is 5. The fourth-order valence-corrected chi connectivity index (χ4v) is 4.43. The largest absolute Gasteiger partial charge is 0.389 e. The third kappa shape index (κ3) is 3.37. The van der Waals surface area contributed by atoms with Crippen LogP contribution in [-0.2, 0) is 4.74 Å². The number of halogens is 1. The van der Waals surface area contributed by atoms with Crippen molar-refractivity contribution in [2.45, 2.75) is 37.7 Å². The Morgan fingerprint density at radius 3 is 2.63 bits per heavy atom. The lowest BCUT2D eigenvalue weighted by atomic mass is 9.56. The van der Waals surface area contributed by atoms with Crippen LogP contribution in [0.5, 0.6) is 0 Å². The Morgan fingerprint density at radius 1 is 1.22 bits per heavy atom. The predicted octanol–water partition coefficient (Wildman–Crippen LogP) is 2.97. The van der Waals surface area contributed by atoms with Crippen molar-refractivity contribution in [3.63, 3.8) is 0 Å². The van der Waals surface area contributed by atoms with Crippen LogP contribution in [-0.4, -0.2) is 46.2 Å². The van der Waals surface area contributed by atoms with Crippen molar-refractivity contribution >= 4 is 17.5 Å². The van der Waals surface area contributed by atoms with E-state index in [4.69, 9.17) is 16.3 Å². The third-order valence-electron chi connectivity index (χ3n) is 6.13. The Bertz CT molecular complexity index is 825. The molecular formula is C20H24ClN3O3. The molecule has 2 heterocycles. The van der Waals surface area contributed by atoms with Gasteiger partial charge in [-0.05, 0) is 31.0 Å². The van der Waals surface area contributed by atoms with Gasteiger partial charge in [-0.3, -0.25) is 4.79 Å². The van der Waals surface area contributed by atoms with Gasteiger partial charge in [-0.1, -0.05) is 30.2 Å². The summed E-state index contributed by atoms with van der Waals surface area (Å²) in [5.41, 5.74) is 0.0550. The number of nitrogens with one attached hydrogen (secondary N) is 1. The van der Waals surface area contributed by atoms with Gasteiger partial charge in [0.2, 0.25) is 0 Å². The normalized spacial score (nSPS) is 20.7. The maximum atomic E-state index is 12.6. The van der Waals surface area contributed by atoms with Crippen molar-refractivity contribution in [1.82, 2.24) is 15.1 Å². The number of ether oxygens (including phenoxy) is 1. The van der Waals surface area contributed by atoms with Crippen LogP contribution in [0.15, 0.2) is 36.5 Å². The molecule has 2 aliphatic rings. The Balaban J connectivity index is 1.44. The molecule has 6 nitrogen and oxygen atoms in total. The van der Waals surface area contributed by atoms with Gasteiger partial charge in [-0.25, -0.2) is 4.68 Å². The van der Waals surface area contributed by atoms with E-state index in [1.165, 1.54) is 0 Å². The van der Waals surface area contributed by atoms with Crippen LogP contribution in [0.2, 0.25) is 5.02 Å². The minimum absolute atomic E-state index is 0.234. The van der Waals surface area contributed by atoms with Crippen LogP contribution in [0.3, 0.4) is 0 Å². The van der Waals surface area contributed by atoms with Crippen molar-refractivity contribution in [3.8, 4) is 5.69 Å². The minimum atomic E-state index is -0.756. The molecule has 1 aromatic heterocycles. The molecule has 1 saturated carbocycles. The van der Waals surface area contributed by atoms with Crippen LogP contribution in [0.25, 0.3) is 5.69 Å². The van der Waals surface area contributed by atoms with Crippen molar-refractivity contribution in [3.05, 3.63) is 47.2 Å². The van der Waals surface area contributed by atoms with E-state index in [0.717, 1.165) is 24.9 Å². The maximum absolute atomic E-state index is 12.6. The molecule has 0 spiro atoms. The van der Waals surface area contributed by atoms with Gasteiger partial charge in [-0.15, -0.1) is 0 Å². The first-order valence-corrected chi connectivity index (χ1v) is 9.80. The number of nitrogens with zero attached hydrogens (tertiary/aromatic N) is 2. The summed E-state index contributed by atoms with van der Waals surface area (Å²) in [5, 5.41) is 19.1. The summed E-state index contributed by atoms with van der Waals surface area (Å²) in [6.45, 7) is 1.62. The molecule has 1 aromatic carbocycles. The van der Waals surface area contributed by atoms with Gasteiger partial charge in [-0.2, -0.15) is 5.10 Å². The minimum Gasteiger partial charge on any atom is -0.389 e. The SMILES string of the molecule is O=C(NCC1(C2(O)CCOCC2)CCC1)c1ccn(-c2ccccc2Cl)n1. The fraction of sp³-hybridized carbons (Fsp3) is 0.500. The summed E-state index contributed by atoms with van der Waals surface area (Å²) >= 11 is 6.20. The topological polar surface area (TPSA) is 76.4 Å². The second kappa shape index (κ2) is 7.26. The van der Waals surface area contributed by atoms with Crippen LogP contribution in [0.4, 0.5) is 0 Å². The zero-order chi connectivity index (χ0) is 18.9. The molecule has 0 atom stereocenters. The number of aliphatic hydroxyl groups is 1. The Morgan fingerprint density at radius 2 is 1.96 bits per heavy atom. The van der Waals surface area contributed by atoms with E-state index < -0.39 is 5.60 Å². The molecule has 0 radical (unpaired) electrons. The van der Waals surface area contributed by atoms with Crippen LogP contribution in [0.1, 0.15) is 42.6 Å². The highest BCUT2D eigenvalue weighted by Crippen LogP contribution is 2.52. The third-order valence-corrected chi connectivity index (χ3v) is 6.45. The number of para-hydroxylation sites is 1. The predicted molar refractivity (Wildman–Crippen MR) is 102 cm³/mol. The van der Waals surface area contributed by atoms with Crippen molar-refractivity contribution in [1.29, 1.82) is 0 Å². The summed E-state index contributed by atoms with van der Waals surface area (Å²) in [6.07, 6.45) is 5.92. The number of carbonyl (C=O) groups excluding carboxylic acids is 1. The molecule has 0 bridgehead atoms. The van der Waals surface area contributed by atoms with Crippen LogP contribution < -0.4 is 5.32 Å². The molecule has 1 amide bonds. The van der Waals surface area contributed by atoms with E-state index in [-0.39, 0.29) is 11.3 Å². The molecule has 2 fully saturated rings. The molecule has 0 unspecified atom stereocenters. The lowest BCUT2D eigenvalue weighted by Gasteiger charge is -2.54. The molecule has 1 saturated heterocycles. The van der Waals surface area contributed by atoms with Crippen molar-refractivity contribution in [2.24, 2.45) is 5.41 Å². The van der Waals surface area contributed by atoms with E-state index >= 15 is 0 Å². The number of aromatic nitrogens is 2. The fourth-order valence-electron chi connectivity index (χ4n) is 4.21. The molecule has 7 heteroatoms. The van der Waals surface area contributed by atoms with Crippen molar-refractivity contribution < 1.29 is 14.6 Å². The first kappa shape index (κ1) is 18.5. The molecule has 27 heavy (non-hydrogen) atoms. The summed E-state index contributed by atoms with van der Waals surface area (Å²) in [4.78, 5) is 12.6. The number of carbonyl (C=O) groups is 1. The number of benzene rings is 1. The van der Waals surface area contributed by atoms with E-state index in [0.29, 0.717) is 43.3 Å². The lowest BCUT2D eigenvalue weighted by Crippen LogP contribution is -2.60. The summed E-state index contributed by atoms with van der Waals surface area (Å²) in [6, 6.07) is 9.03. The van der Waals surface area contributed by atoms with Crippen LogP contribution >= 0.6 is 11.6 Å². The first-order valence-electron chi connectivity index (χ1n) is 9.42. The van der Waals surface area contributed by atoms with E-state index in [2.05, 4.69) is 10.4 Å². The molecule has 4 rings (SSSR count). The highest BCUT2D eigenvalue weighted by atomic mass is 35.5. The van der Waals surface area contributed by atoms with E-state index in [1.807, 2.05) is 18.2 Å². The molecule has 1 aliphatic carbocycles. The van der Waals surface area contributed by atoms with E-state index in [1.54, 1.807) is 23.0 Å². The highest BCUT2D eigenvalue weighted by Gasteiger charge is 2.54. The number of hydrogen-bond donors (Lipinski definition) is 2. The maximum Gasteiger partial charge on any atom is 0.271 e. The van der Waals surface area contributed by atoms with Gasteiger partial charge in [0.1, 0.15) is 0 Å². The quantitative estimate of drug-likeness (QED) is 0.824. The van der Waals surface area contributed by atoms with Gasteiger partial charge < -0.3 is 15.2 Å². The molecular weight excluding hydrogens is 366 g/mol. The zero-order valence-electron chi connectivity index (χ0n) is 15.2. The second-order valence-corrected chi connectivity index (χ2v) is 7.96. The van der Waals surface area contributed by atoms with Gasteiger partial charge in [0, 0.05) is 44.2 Å². The molecule has 1 aliphatic heterocycles. The Hall–Kier alpha value is -1.89. The Labute approximate surface area is 163 Å².